The number of pyridine rings is 1. The van der Waals surface area contributed by atoms with E-state index in [0.717, 1.165) is 5.56 Å². The first-order valence-electron chi connectivity index (χ1n) is 3.61. The maximum Gasteiger partial charge on any atom is 0.508 e. The van der Waals surface area contributed by atoms with Gasteiger partial charge in [0, 0.05) is 0 Å². The number of aromatic nitrogens is 1. The van der Waals surface area contributed by atoms with Crippen molar-refractivity contribution in [2.75, 3.05) is 0 Å². The number of rotatable bonds is 2. The highest BCUT2D eigenvalue weighted by molar-refractivity contribution is 6.58. The molecule has 0 fully saturated rings. The van der Waals surface area contributed by atoms with Crippen molar-refractivity contribution in [3.05, 3.63) is 30.0 Å². The molecule has 0 radical (unpaired) electrons. The minimum Gasteiger partial charge on any atom is -0.422 e. The molecule has 0 amide bonds. The Balaban J connectivity index is 3.16. The molecular formula is C8H10BNO2. The summed E-state index contributed by atoms with van der Waals surface area (Å²) in [6, 6.07) is 3.55. The van der Waals surface area contributed by atoms with Crippen LogP contribution in [0.3, 0.4) is 0 Å². The molecule has 0 aliphatic heterocycles. The van der Waals surface area contributed by atoms with Crippen molar-refractivity contribution in [3.8, 4) is 0 Å². The third-order valence-corrected chi connectivity index (χ3v) is 1.61. The fourth-order valence-corrected chi connectivity index (χ4v) is 0.935. The van der Waals surface area contributed by atoms with Gasteiger partial charge >= 0.3 is 7.12 Å². The molecule has 0 atom stereocenters. The summed E-state index contributed by atoms with van der Waals surface area (Å²) in [4.78, 5) is 3.97. The van der Waals surface area contributed by atoms with Crippen molar-refractivity contribution in [2.24, 2.45) is 0 Å². The van der Waals surface area contributed by atoms with E-state index in [2.05, 4.69) is 11.6 Å². The first-order chi connectivity index (χ1) is 5.65. The average Bonchev–Trinajstić information content (AvgIpc) is 2.05. The first-order valence-corrected chi connectivity index (χ1v) is 3.61. The van der Waals surface area contributed by atoms with E-state index in [0.29, 0.717) is 5.69 Å². The summed E-state index contributed by atoms with van der Waals surface area (Å²) in [6.45, 7) is 5.31. The lowest BCUT2D eigenvalue weighted by molar-refractivity contribution is 0.424. The molecule has 1 aromatic heterocycles. The Morgan fingerprint density at radius 2 is 2.17 bits per heavy atom. The van der Waals surface area contributed by atoms with E-state index in [-0.39, 0.29) is 5.59 Å². The van der Waals surface area contributed by atoms with Crippen molar-refractivity contribution in [1.29, 1.82) is 0 Å². The van der Waals surface area contributed by atoms with Gasteiger partial charge in [0.25, 0.3) is 0 Å². The maximum atomic E-state index is 8.88. The molecule has 0 aromatic carbocycles. The van der Waals surface area contributed by atoms with Gasteiger partial charge in [0.15, 0.2) is 0 Å². The SMILES string of the molecule is C=Cc1ccc(C)c(B(O)O)n1. The lowest BCUT2D eigenvalue weighted by Gasteiger charge is -2.03. The van der Waals surface area contributed by atoms with Crippen LogP contribution in [0.4, 0.5) is 0 Å². The van der Waals surface area contributed by atoms with Crippen LogP contribution < -0.4 is 5.59 Å². The van der Waals surface area contributed by atoms with Crippen LogP contribution in [0.1, 0.15) is 11.3 Å². The average molecular weight is 163 g/mol. The summed E-state index contributed by atoms with van der Waals surface area (Å²) in [7, 11) is -1.51. The smallest absolute Gasteiger partial charge is 0.422 e. The van der Waals surface area contributed by atoms with Crippen molar-refractivity contribution < 1.29 is 10.0 Å². The van der Waals surface area contributed by atoms with Crippen LogP contribution in [0, 0.1) is 6.92 Å². The Hall–Kier alpha value is -1.13. The van der Waals surface area contributed by atoms with Crippen LogP contribution in [-0.2, 0) is 0 Å². The minimum absolute atomic E-state index is 0.285. The van der Waals surface area contributed by atoms with E-state index < -0.39 is 7.12 Å². The van der Waals surface area contributed by atoms with E-state index in [4.69, 9.17) is 10.0 Å². The standard InChI is InChI=1S/C8H10BNO2/c1-3-7-5-4-6(2)8(10-7)9(11)12/h3-5,11-12H,1H2,2H3. The van der Waals surface area contributed by atoms with Gasteiger partial charge in [-0.3, -0.25) is 4.98 Å². The summed E-state index contributed by atoms with van der Waals surface area (Å²) < 4.78 is 0. The van der Waals surface area contributed by atoms with Crippen LogP contribution in [0.15, 0.2) is 18.7 Å². The van der Waals surface area contributed by atoms with Crippen molar-refractivity contribution in [3.63, 3.8) is 0 Å². The number of hydrogen-bond acceptors (Lipinski definition) is 3. The monoisotopic (exact) mass is 163 g/mol. The summed E-state index contributed by atoms with van der Waals surface area (Å²) in [5, 5.41) is 17.8. The fraction of sp³-hybridized carbons (Fsp3) is 0.125. The molecule has 1 aromatic rings. The lowest BCUT2D eigenvalue weighted by Crippen LogP contribution is -2.35. The van der Waals surface area contributed by atoms with Gasteiger partial charge in [-0.25, -0.2) is 0 Å². The molecular weight excluding hydrogens is 153 g/mol. The van der Waals surface area contributed by atoms with Gasteiger partial charge < -0.3 is 10.0 Å². The Morgan fingerprint density at radius 1 is 1.50 bits per heavy atom. The zero-order valence-corrected chi connectivity index (χ0v) is 6.86. The highest BCUT2D eigenvalue weighted by atomic mass is 16.4. The maximum absolute atomic E-state index is 8.88. The molecule has 0 unspecified atom stereocenters. The highest BCUT2D eigenvalue weighted by Crippen LogP contribution is 1.98. The van der Waals surface area contributed by atoms with E-state index in [1.165, 1.54) is 0 Å². The van der Waals surface area contributed by atoms with Crippen LogP contribution in [0.5, 0.6) is 0 Å². The molecule has 12 heavy (non-hydrogen) atoms. The topological polar surface area (TPSA) is 53.4 Å². The second-order valence-electron chi connectivity index (χ2n) is 2.52. The van der Waals surface area contributed by atoms with Gasteiger partial charge in [-0.2, -0.15) is 0 Å². The van der Waals surface area contributed by atoms with Crippen LogP contribution in [0.25, 0.3) is 6.08 Å². The second-order valence-corrected chi connectivity index (χ2v) is 2.52. The molecule has 0 aliphatic rings. The van der Waals surface area contributed by atoms with Crippen molar-refractivity contribution in [2.45, 2.75) is 6.92 Å². The molecule has 0 aliphatic carbocycles. The third kappa shape index (κ3) is 1.72. The number of hydrogen-bond donors (Lipinski definition) is 2. The quantitative estimate of drug-likeness (QED) is 0.589. The first kappa shape index (κ1) is 8.97. The zero-order valence-electron chi connectivity index (χ0n) is 6.86. The van der Waals surface area contributed by atoms with Crippen LogP contribution in [0.2, 0.25) is 0 Å². The predicted octanol–water partition coefficient (Wildman–Crippen LogP) is -0.287. The van der Waals surface area contributed by atoms with E-state index in [9.17, 15) is 0 Å². The molecule has 4 heteroatoms. The van der Waals surface area contributed by atoms with Crippen molar-refractivity contribution in [1.82, 2.24) is 4.98 Å². The largest absolute Gasteiger partial charge is 0.508 e. The Kier molecular flexibility index (Phi) is 2.63. The molecule has 1 heterocycles. The van der Waals surface area contributed by atoms with Gasteiger partial charge in [-0.15, -0.1) is 0 Å². The Bertz CT molecular complexity index is 299. The summed E-state index contributed by atoms with van der Waals surface area (Å²) in [6.07, 6.45) is 1.56. The predicted molar refractivity (Wildman–Crippen MR) is 48.9 cm³/mol. The summed E-state index contributed by atoms with van der Waals surface area (Å²) in [5.74, 6) is 0. The molecule has 0 bridgehead atoms. The molecule has 1 rings (SSSR count). The van der Waals surface area contributed by atoms with Crippen LogP contribution >= 0.6 is 0 Å². The minimum atomic E-state index is -1.51. The molecule has 2 N–H and O–H groups in total. The number of aryl methyl sites for hydroxylation is 1. The lowest BCUT2D eigenvalue weighted by atomic mass is 9.82. The van der Waals surface area contributed by atoms with E-state index in [1.54, 1.807) is 25.1 Å². The molecule has 0 saturated carbocycles. The fourth-order valence-electron chi connectivity index (χ4n) is 0.935. The molecule has 0 spiro atoms. The van der Waals surface area contributed by atoms with Gasteiger partial charge in [0.05, 0.1) is 11.3 Å². The van der Waals surface area contributed by atoms with Gasteiger partial charge in [-0.05, 0) is 24.6 Å². The Morgan fingerprint density at radius 3 is 2.67 bits per heavy atom. The molecule has 62 valence electrons. The van der Waals surface area contributed by atoms with E-state index >= 15 is 0 Å². The van der Waals surface area contributed by atoms with Crippen molar-refractivity contribution >= 4 is 18.8 Å². The van der Waals surface area contributed by atoms with E-state index in [1.807, 2.05) is 0 Å². The Labute approximate surface area is 71.5 Å². The van der Waals surface area contributed by atoms with Crippen LogP contribution in [-0.4, -0.2) is 22.2 Å². The van der Waals surface area contributed by atoms with Gasteiger partial charge in [0.1, 0.15) is 0 Å². The van der Waals surface area contributed by atoms with Gasteiger partial charge in [0.2, 0.25) is 0 Å². The summed E-state index contributed by atoms with van der Waals surface area (Å²) in [5.41, 5.74) is 1.69. The summed E-state index contributed by atoms with van der Waals surface area (Å²) >= 11 is 0. The zero-order chi connectivity index (χ0) is 9.14. The molecule has 0 saturated heterocycles. The molecule has 3 nitrogen and oxygen atoms in total. The highest BCUT2D eigenvalue weighted by Gasteiger charge is 2.15. The normalized spacial score (nSPS) is 9.58. The number of nitrogens with zero attached hydrogens (tertiary/aromatic N) is 1. The third-order valence-electron chi connectivity index (χ3n) is 1.61. The van der Waals surface area contributed by atoms with Gasteiger partial charge in [-0.1, -0.05) is 12.6 Å². The second kappa shape index (κ2) is 3.52.